The average Bonchev–Trinajstić information content (AvgIpc) is 3.14. The lowest BCUT2D eigenvalue weighted by Crippen LogP contribution is -2.27. The Hall–Kier alpha value is -2.95. The minimum Gasteiger partial charge on any atom is -0.454 e. The molecule has 1 aliphatic heterocycles. The quantitative estimate of drug-likeness (QED) is 0.708. The van der Waals surface area contributed by atoms with Gasteiger partial charge >= 0.3 is 0 Å². The van der Waals surface area contributed by atoms with E-state index < -0.39 is 5.41 Å². The number of anilines is 1. The maximum absolute atomic E-state index is 13.1. The first-order chi connectivity index (χ1) is 13.0. The van der Waals surface area contributed by atoms with Crippen molar-refractivity contribution in [3.63, 3.8) is 0 Å². The Morgan fingerprint density at radius 2 is 1.89 bits per heavy atom. The highest BCUT2D eigenvalue weighted by atomic mass is 16.7. The minimum atomic E-state index is -0.461. The van der Waals surface area contributed by atoms with Gasteiger partial charge in [-0.2, -0.15) is 0 Å². The van der Waals surface area contributed by atoms with Crippen molar-refractivity contribution in [2.24, 2.45) is 0 Å². The van der Waals surface area contributed by atoms with Crippen LogP contribution in [0.25, 0.3) is 10.9 Å². The van der Waals surface area contributed by atoms with E-state index in [1.165, 1.54) is 5.69 Å². The Labute approximate surface area is 157 Å². The molecule has 1 aliphatic carbocycles. The second kappa shape index (κ2) is 5.78. The third-order valence-electron chi connectivity index (χ3n) is 5.63. The number of H-pyrrole nitrogens is 1. The smallest absolute Gasteiger partial charge is 0.235 e. The van der Waals surface area contributed by atoms with E-state index in [9.17, 15) is 4.79 Å². The summed E-state index contributed by atoms with van der Waals surface area (Å²) in [5.74, 6) is 1.95. The van der Waals surface area contributed by atoms with Crippen LogP contribution >= 0.6 is 0 Å². The van der Waals surface area contributed by atoms with E-state index in [2.05, 4.69) is 30.2 Å². The van der Waals surface area contributed by atoms with Gasteiger partial charge in [-0.15, -0.1) is 0 Å². The lowest BCUT2D eigenvalue weighted by Gasteiger charge is -2.16. The molecule has 27 heavy (non-hydrogen) atoms. The zero-order valence-electron chi connectivity index (χ0n) is 15.5. The van der Waals surface area contributed by atoms with Gasteiger partial charge in [0.15, 0.2) is 11.5 Å². The number of benzene rings is 2. The van der Waals surface area contributed by atoms with Crippen LogP contribution in [0.2, 0.25) is 0 Å². The number of aromatic nitrogens is 1. The molecule has 2 aliphatic rings. The van der Waals surface area contributed by atoms with Crippen LogP contribution in [0, 0.1) is 0 Å². The van der Waals surface area contributed by atoms with Crippen LogP contribution in [-0.2, 0) is 10.2 Å². The van der Waals surface area contributed by atoms with Crippen molar-refractivity contribution >= 4 is 22.5 Å². The average molecular weight is 362 g/mol. The Balaban J connectivity index is 1.40. The molecule has 2 N–H and O–H groups in total. The predicted octanol–water partition coefficient (Wildman–Crippen LogP) is 4.69. The van der Waals surface area contributed by atoms with E-state index in [0.717, 1.165) is 46.5 Å². The molecule has 0 spiro atoms. The van der Waals surface area contributed by atoms with Gasteiger partial charge in [0, 0.05) is 22.3 Å². The largest absolute Gasteiger partial charge is 0.454 e. The summed E-state index contributed by atoms with van der Waals surface area (Å²) in [6, 6.07) is 14.0. The predicted molar refractivity (Wildman–Crippen MR) is 104 cm³/mol. The van der Waals surface area contributed by atoms with E-state index in [1.54, 1.807) is 0 Å². The van der Waals surface area contributed by atoms with Crippen molar-refractivity contribution in [1.29, 1.82) is 0 Å². The van der Waals surface area contributed by atoms with Crippen LogP contribution in [0.15, 0.2) is 42.5 Å². The monoisotopic (exact) mass is 362 g/mol. The lowest BCUT2D eigenvalue weighted by atomic mass is 9.94. The number of amides is 1. The molecule has 5 heteroatoms. The molecule has 1 aromatic heterocycles. The highest BCUT2D eigenvalue weighted by Crippen LogP contribution is 2.51. The van der Waals surface area contributed by atoms with E-state index >= 15 is 0 Å². The summed E-state index contributed by atoms with van der Waals surface area (Å²) in [5, 5.41) is 4.23. The molecule has 0 radical (unpaired) electrons. The standard InChI is InChI=1S/C22H22N2O3/c1-13(2)18-10-14-9-16(4-5-17(14)24-18)23-21(25)22(7-8-22)15-3-6-19-20(11-15)27-12-26-19/h3-6,9-11,13,24H,7-8,12H2,1-2H3,(H,23,25). The van der Waals surface area contributed by atoms with Crippen molar-refractivity contribution in [2.45, 2.75) is 38.0 Å². The lowest BCUT2D eigenvalue weighted by molar-refractivity contribution is -0.118. The molecule has 138 valence electrons. The van der Waals surface area contributed by atoms with Gasteiger partial charge in [0.2, 0.25) is 12.7 Å². The Morgan fingerprint density at radius 1 is 1.07 bits per heavy atom. The topological polar surface area (TPSA) is 63.4 Å². The number of fused-ring (bicyclic) bond motifs is 2. The molecule has 0 unspecified atom stereocenters. The summed E-state index contributed by atoms with van der Waals surface area (Å²) in [5.41, 5.74) is 3.65. The number of carbonyl (C=O) groups excluding carboxylic acids is 1. The first-order valence-corrected chi connectivity index (χ1v) is 9.39. The van der Waals surface area contributed by atoms with Crippen molar-refractivity contribution in [3.05, 3.63) is 53.7 Å². The summed E-state index contributed by atoms with van der Waals surface area (Å²) in [7, 11) is 0. The van der Waals surface area contributed by atoms with E-state index in [-0.39, 0.29) is 12.7 Å². The molecule has 5 rings (SSSR count). The number of hydrogen-bond acceptors (Lipinski definition) is 3. The molecule has 0 saturated heterocycles. The van der Waals surface area contributed by atoms with Gasteiger partial charge < -0.3 is 19.8 Å². The summed E-state index contributed by atoms with van der Waals surface area (Å²) >= 11 is 0. The molecule has 5 nitrogen and oxygen atoms in total. The Bertz CT molecular complexity index is 1050. The van der Waals surface area contributed by atoms with Crippen molar-refractivity contribution in [3.8, 4) is 11.5 Å². The third-order valence-corrected chi connectivity index (χ3v) is 5.63. The zero-order valence-corrected chi connectivity index (χ0v) is 15.5. The summed E-state index contributed by atoms with van der Waals surface area (Å²) < 4.78 is 10.8. The number of hydrogen-bond donors (Lipinski definition) is 2. The normalized spacial score (nSPS) is 16.7. The fourth-order valence-electron chi connectivity index (χ4n) is 3.76. The molecular formula is C22H22N2O3. The van der Waals surface area contributed by atoms with Crippen molar-refractivity contribution in [1.82, 2.24) is 4.98 Å². The number of ether oxygens (including phenoxy) is 2. The molecule has 2 heterocycles. The van der Waals surface area contributed by atoms with Crippen LogP contribution in [0.5, 0.6) is 11.5 Å². The first kappa shape index (κ1) is 16.2. The number of aromatic amines is 1. The summed E-state index contributed by atoms with van der Waals surface area (Å²) in [6.07, 6.45) is 1.70. The van der Waals surface area contributed by atoms with Gasteiger partial charge in [0.1, 0.15) is 0 Å². The molecule has 1 saturated carbocycles. The first-order valence-electron chi connectivity index (χ1n) is 9.39. The summed E-state index contributed by atoms with van der Waals surface area (Å²) in [4.78, 5) is 16.5. The van der Waals surface area contributed by atoms with Gasteiger partial charge in [-0.3, -0.25) is 4.79 Å². The molecule has 3 aromatic rings. The van der Waals surface area contributed by atoms with E-state index in [4.69, 9.17) is 9.47 Å². The fourth-order valence-corrected chi connectivity index (χ4v) is 3.76. The van der Waals surface area contributed by atoms with Crippen LogP contribution < -0.4 is 14.8 Å². The second-order valence-electron chi connectivity index (χ2n) is 7.79. The van der Waals surface area contributed by atoms with Gasteiger partial charge in [0.25, 0.3) is 0 Å². The second-order valence-corrected chi connectivity index (χ2v) is 7.79. The van der Waals surface area contributed by atoms with Crippen LogP contribution in [0.3, 0.4) is 0 Å². The van der Waals surface area contributed by atoms with Gasteiger partial charge in [-0.25, -0.2) is 0 Å². The number of carbonyl (C=O) groups is 1. The number of nitrogens with one attached hydrogen (secondary N) is 2. The van der Waals surface area contributed by atoms with E-state index in [0.29, 0.717) is 5.92 Å². The third kappa shape index (κ3) is 2.65. The molecule has 0 atom stereocenters. The maximum Gasteiger partial charge on any atom is 0.235 e. The fraction of sp³-hybridized carbons (Fsp3) is 0.318. The van der Waals surface area contributed by atoms with Gasteiger partial charge in [-0.1, -0.05) is 19.9 Å². The highest BCUT2D eigenvalue weighted by Gasteiger charge is 2.51. The maximum atomic E-state index is 13.1. The molecule has 1 amide bonds. The Kier molecular flexibility index (Phi) is 3.47. The SMILES string of the molecule is CC(C)c1cc2cc(NC(=O)C3(c4ccc5c(c4)OCO5)CC3)ccc2[nH]1. The van der Waals surface area contributed by atoms with Crippen molar-refractivity contribution in [2.75, 3.05) is 12.1 Å². The molecule has 2 aromatic carbocycles. The van der Waals surface area contributed by atoms with Gasteiger partial charge in [-0.05, 0) is 60.7 Å². The van der Waals surface area contributed by atoms with Crippen molar-refractivity contribution < 1.29 is 14.3 Å². The van der Waals surface area contributed by atoms with Crippen LogP contribution in [0.1, 0.15) is 43.9 Å². The molecular weight excluding hydrogens is 340 g/mol. The van der Waals surface area contributed by atoms with E-state index in [1.807, 2.05) is 36.4 Å². The molecule has 1 fully saturated rings. The van der Waals surface area contributed by atoms with Crippen LogP contribution in [0.4, 0.5) is 5.69 Å². The summed E-state index contributed by atoms with van der Waals surface area (Å²) in [6.45, 7) is 4.57. The molecule has 0 bridgehead atoms. The zero-order chi connectivity index (χ0) is 18.6. The number of rotatable bonds is 4. The van der Waals surface area contributed by atoms with Crippen LogP contribution in [-0.4, -0.2) is 17.7 Å². The Morgan fingerprint density at radius 3 is 2.67 bits per heavy atom. The minimum absolute atomic E-state index is 0.0420. The highest BCUT2D eigenvalue weighted by molar-refractivity contribution is 6.02. The van der Waals surface area contributed by atoms with Gasteiger partial charge in [0.05, 0.1) is 5.41 Å².